The second-order valence-corrected chi connectivity index (χ2v) is 7.94. The largest absolute Gasteiger partial charge is 0.497 e. The van der Waals surface area contributed by atoms with Gasteiger partial charge in [0.15, 0.2) is 5.16 Å². The fourth-order valence-corrected chi connectivity index (χ4v) is 4.37. The van der Waals surface area contributed by atoms with Crippen molar-refractivity contribution in [3.8, 4) is 5.75 Å². The van der Waals surface area contributed by atoms with E-state index in [0.29, 0.717) is 6.04 Å². The second-order valence-electron chi connectivity index (χ2n) is 6.88. The van der Waals surface area contributed by atoms with E-state index < -0.39 is 0 Å². The molecule has 0 radical (unpaired) electrons. The molecule has 1 aromatic heterocycles. The number of aromatic nitrogens is 3. The lowest BCUT2D eigenvalue weighted by molar-refractivity contribution is 0.414. The number of nitrogens with zero attached hydrogens (tertiary/aromatic N) is 4. The predicted molar refractivity (Wildman–Crippen MR) is 102 cm³/mol. The lowest BCUT2D eigenvalue weighted by Gasteiger charge is -2.27. The van der Waals surface area contributed by atoms with Crippen molar-refractivity contribution in [3.63, 3.8) is 0 Å². The molecule has 0 spiro atoms. The Bertz CT molecular complexity index is 690. The summed E-state index contributed by atoms with van der Waals surface area (Å²) in [6.07, 6.45) is 7.47. The van der Waals surface area contributed by atoms with Gasteiger partial charge in [0.1, 0.15) is 5.75 Å². The van der Waals surface area contributed by atoms with Crippen molar-refractivity contribution in [2.24, 2.45) is 0 Å². The fourth-order valence-electron chi connectivity index (χ4n) is 3.38. The van der Waals surface area contributed by atoms with Gasteiger partial charge in [0, 0.05) is 24.9 Å². The van der Waals surface area contributed by atoms with Crippen LogP contribution in [0.4, 0.5) is 5.95 Å². The molecule has 6 heteroatoms. The highest BCUT2D eigenvalue weighted by atomic mass is 32.2. The van der Waals surface area contributed by atoms with E-state index in [1.807, 2.05) is 23.9 Å². The average Bonchev–Trinajstić information content (AvgIpc) is 3.43. The summed E-state index contributed by atoms with van der Waals surface area (Å²) in [5, 5.41) is 10.2. The number of hydrogen-bond donors (Lipinski definition) is 0. The number of rotatable bonds is 7. The Balaban J connectivity index is 1.40. The number of thioether (sulfide) groups is 1. The first-order valence-electron chi connectivity index (χ1n) is 9.31. The molecule has 2 heterocycles. The van der Waals surface area contributed by atoms with Crippen LogP contribution in [0, 0.1) is 0 Å². The molecule has 25 heavy (non-hydrogen) atoms. The minimum Gasteiger partial charge on any atom is -0.497 e. The van der Waals surface area contributed by atoms with Crippen LogP contribution in [0.2, 0.25) is 0 Å². The van der Waals surface area contributed by atoms with Crippen LogP contribution in [0.15, 0.2) is 29.4 Å². The van der Waals surface area contributed by atoms with Crippen molar-refractivity contribution in [3.05, 3.63) is 29.8 Å². The maximum atomic E-state index is 5.22. The molecule has 1 aromatic carbocycles. The van der Waals surface area contributed by atoms with E-state index in [0.717, 1.165) is 42.1 Å². The Hall–Kier alpha value is -1.69. The Labute approximate surface area is 153 Å². The lowest BCUT2D eigenvalue weighted by Crippen LogP contribution is -2.31. The van der Waals surface area contributed by atoms with Gasteiger partial charge in [-0.05, 0) is 56.2 Å². The molecule has 2 aliphatic rings. The zero-order valence-electron chi connectivity index (χ0n) is 14.9. The number of anilines is 1. The molecule has 0 amide bonds. The molecular formula is C19H26N4OS. The summed E-state index contributed by atoms with van der Waals surface area (Å²) in [6.45, 7) is 2.25. The maximum absolute atomic E-state index is 5.22. The van der Waals surface area contributed by atoms with Crippen LogP contribution in [0.1, 0.15) is 43.7 Å². The molecule has 1 aliphatic carbocycles. The molecular weight excluding hydrogens is 332 g/mol. The van der Waals surface area contributed by atoms with Gasteiger partial charge in [0.05, 0.1) is 7.11 Å². The second kappa shape index (κ2) is 7.68. The summed E-state index contributed by atoms with van der Waals surface area (Å²) in [7, 11) is 1.70. The smallest absolute Gasteiger partial charge is 0.228 e. The monoisotopic (exact) mass is 358 g/mol. The molecule has 0 N–H and O–H groups in total. The summed E-state index contributed by atoms with van der Waals surface area (Å²) in [6, 6.07) is 8.96. The van der Waals surface area contributed by atoms with Crippen LogP contribution in [0.3, 0.4) is 0 Å². The lowest BCUT2D eigenvalue weighted by atomic mass is 10.1. The molecule has 1 saturated heterocycles. The number of methoxy groups -OCH3 is 1. The van der Waals surface area contributed by atoms with Crippen LogP contribution < -0.4 is 9.64 Å². The van der Waals surface area contributed by atoms with E-state index in [2.05, 4.69) is 31.8 Å². The highest BCUT2D eigenvalue weighted by molar-refractivity contribution is 7.99. The molecule has 1 saturated carbocycles. The fraction of sp³-hybridized carbons (Fsp3) is 0.579. The number of piperidine rings is 1. The highest BCUT2D eigenvalue weighted by Gasteiger charge is 2.31. The van der Waals surface area contributed by atoms with E-state index in [1.165, 1.54) is 37.7 Å². The van der Waals surface area contributed by atoms with Crippen LogP contribution in [0.5, 0.6) is 5.75 Å². The van der Waals surface area contributed by atoms with Gasteiger partial charge in [-0.1, -0.05) is 23.9 Å². The van der Waals surface area contributed by atoms with Crippen molar-refractivity contribution in [1.82, 2.24) is 14.8 Å². The van der Waals surface area contributed by atoms with Crippen molar-refractivity contribution in [1.29, 1.82) is 0 Å². The van der Waals surface area contributed by atoms with E-state index >= 15 is 0 Å². The summed E-state index contributed by atoms with van der Waals surface area (Å²) >= 11 is 1.84. The van der Waals surface area contributed by atoms with Gasteiger partial charge in [-0.25, -0.2) is 0 Å². The van der Waals surface area contributed by atoms with Gasteiger partial charge in [0.2, 0.25) is 5.95 Å². The first-order chi connectivity index (χ1) is 12.3. The molecule has 4 rings (SSSR count). The van der Waals surface area contributed by atoms with E-state index in [4.69, 9.17) is 4.74 Å². The van der Waals surface area contributed by atoms with Crippen molar-refractivity contribution >= 4 is 17.7 Å². The number of benzene rings is 1. The quantitative estimate of drug-likeness (QED) is 0.701. The van der Waals surface area contributed by atoms with Gasteiger partial charge in [-0.2, -0.15) is 0 Å². The number of aryl methyl sites for hydroxylation is 1. The maximum Gasteiger partial charge on any atom is 0.228 e. The molecule has 0 bridgehead atoms. The Morgan fingerprint density at radius 2 is 1.84 bits per heavy atom. The number of hydrogen-bond acceptors (Lipinski definition) is 5. The Morgan fingerprint density at radius 3 is 2.52 bits per heavy atom. The van der Waals surface area contributed by atoms with E-state index in [-0.39, 0.29) is 0 Å². The Morgan fingerprint density at radius 1 is 1.08 bits per heavy atom. The van der Waals surface area contributed by atoms with E-state index in [1.54, 1.807) is 7.11 Å². The van der Waals surface area contributed by atoms with Gasteiger partial charge in [-0.15, -0.1) is 10.2 Å². The first kappa shape index (κ1) is 16.8. The van der Waals surface area contributed by atoms with Gasteiger partial charge in [-0.3, -0.25) is 4.57 Å². The zero-order valence-corrected chi connectivity index (χ0v) is 15.7. The van der Waals surface area contributed by atoms with Crippen LogP contribution in [-0.2, 0) is 6.42 Å². The van der Waals surface area contributed by atoms with Crippen LogP contribution in [-0.4, -0.2) is 40.7 Å². The van der Waals surface area contributed by atoms with E-state index in [9.17, 15) is 0 Å². The molecule has 1 aliphatic heterocycles. The third-order valence-corrected chi connectivity index (χ3v) is 5.92. The van der Waals surface area contributed by atoms with Gasteiger partial charge in [0.25, 0.3) is 0 Å². The summed E-state index contributed by atoms with van der Waals surface area (Å²) in [4.78, 5) is 2.43. The highest BCUT2D eigenvalue weighted by Crippen LogP contribution is 2.41. The minimum absolute atomic E-state index is 0.621. The van der Waals surface area contributed by atoms with Gasteiger partial charge < -0.3 is 9.64 Å². The predicted octanol–water partition coefficient (Wildman–Crippen LogP) is 3.95. The molecule has 2 aromatic rings. The third kappa shape index (κ3) is 3.94. The van der Waals surface area contributed by atoms with Crippen molar-refractivity contribution < 1.29 is 4.74 Å². The molecule has 134 valence electrons. The normalized spacial score (nSPS) is 17.7. The minimum atomic E-state index is 0.621. The van der Waals surface area contributed by atoms with Crippen molar-refractivity contribution in [2.45, 2.75) is 49.7 Å². The summed E-state index contributed by atoms with van der Waals surface area (Å²) in [5.41, 5.74) is 1.34. The molecule has 2 fully saturated rings. The zero-order chi connectivity index (χ0) is 17.1. The summed E-state index contributed by atoms with van der Waals surface area (Å²) < 4.78 is 7.63. The van der Waals surface area contributed by atoms with Crippen molar-refractivity contribution in [2.75, 3.05) is 30.9 Å². The summed E-state index contributed by atoms with van der Waals surface area (Å²) in [5.74, 6) is 3.04. The number of ether oxygens (including phenoxy) is 1. The molecule has 0 unspecified atom stereocenters. The van der Waals surface area contributed by atoms with Crippen LogP contribution in [0.25, 0.3) is 0 Å². The average molecular weight is 359 g/mol. The third-order valence-electron chi connectivity index (χ3n) is 4.98. The first-order valence-corrected chi connectivity index (χ1v) is 10.3. The SMILES string of the molecule is COc1ccc(CCSc2nnc(N3CCCCC3)n2C2CC2)cc1. The molecule has 5 nitrogen and oxygen atoms in total. The Kier molecular flexibility index (Phi) is 5.15. The van der Waals surface area contributed by atoms with Crippen LogP contribution >= 0.6 is 11.8 Å². The standard InChI is InChI=1S/C19H26N4OS/c1-24-17-9-5-15(6-10-17)11-14-25-19-21-20-18(23(19)16-7-8-16)22-12-3-2-4-13-22/h5-6,9-10,16H,2-4,7-8,11-14H2,1H3. The molecule has 0 atom stereocenters. The van der Waals surface area contributed by atoms with Gasteiger partial charge >= 0.3 is 0 Å². The topological polar surface area (TPSA) is 43.2 Å².